The van der Waals surface area contributed by atoms with E-state index in [0.717, 1.165) is 35.5 Å². The maximum absolute atomic E-state index is 5.86. The Labute approximate surface area is 151 Å². The molecule has 2 aromatic heterocycles. The monoisotopic (exact) mass is 353 g/mol. The van der Waals surface area contributed by atoms with E-state index in [2.05, 4.69) is 39.5 Å². The smallest absolute Gasteiger partial charge is 0.230 e. The van der Waals surface area contributed by atoms with Crippen LogP contribution in [-0.4, -0.2) is 32.4 Å². The highest BCUT2D eigenvalue weighted by molar-refractivity contribution is 5.56. The molecule has 1 aliphatic heterocycles. The Balaban J connectivity index is 1.66. The number of nitrogen functional groups attached to an aromatic ring is 1. The highest BCUT2D eigenvalue weighted by Gasteiger charge is 2.21. The van der Waals surface area contributed by atoms with Gasteiger partial charge in [-0.05, 0) is 23.6 Å². The highest BCUT2D eigenvalue weighted by Crippen LogP contribution is 2.23. The fraction of sp³-hybridized carbons (Fsp3) is 0.389. The summed E-state index contributed by atoms with van der Waals surface area (Å²) in [7, 11) is 0. The molecule has 0 aliphatic carbocycles. The van der Waals surface area contributed by atoms with Crippen LogP contribution in [0.15, 0.2) is 30.5 Å². The van der Waals surface area contributed by atoms with Gasteiger partial charge < -0.3 is 21.1 Å². The minimum atomic E-state index is -0.0235. The summed E-state index contributed by atoms with van der Waals surface area (Å²) in [4.78, 5) is 9.24. The van der Waals surface area contributed by atoms with Crippen LogP contribution < -0.4 is 16.4 Å². The van der Waals surface area contributed by atoms with E-state index in [1.807, 2.05) is 30.5 Å². The van der Waals surface area contributed by atoms with Crippen molar-refractivity contribution in [2.24, 2.45) is 0 Å². The first-order valence-electron chi connectivity index (χ1n) is 8.82. The van der Waals surface area contributed by atoms with Crippen molar-refractivity contribution < 1.29 is 4.74 Å². The maximum atomic E-state index is 5.86. The van der Waals surface area contributed by atoms with Gasteiger partial charge in [0.2, 0.25) is 11.9 Å². The van der Waals surface area contributed by atoms with E-state index in [-0.39, 0.29) is 6.23 Å². The van der Waals surface area contributed by atoms with Crippen molar-refractivity contribution in [3.05, 3.63) is 41.6 Å². The van der Waals surface area contributed by atoms with Crippen molar-refractivity contribution in [1.29, 1.82) is 0 Å². The highest BCUT2D eigenvalue weighted by atomic mass is 16.5. The quantitative estimate of drug-likeness (QED) is 0.585. The lowest BCUT2D eigenvalue weighted by Crippen LogP contribution is -2.35. The Morgan fingerprint density at radius 1 is 1.35 bits per heavy atom. The molecular weight excluding hydrogens is 330 g/mol. The van der Waals surface area contributed by atoms with Gasteiger partial charge in [-0.15, -0.1) is 0 Å². The summed E-state index contributed by atoms with van der Waals surface area (Å²) in [5.74, 6) is 1.49. The van der Waals surface area contributed by atoms with Gasteiger partial charge in [-0.2, -0.15) is 19.6 Å². The first-order valence-corrected chi connectivity index (χ1v) is 8.82. The molecular formula is C18H23N7O. The largest absolute Gasteiger partial charge is 0.399 e. The predicted octanol–water partition coefficient (Wildman–Crippen LogP) is 2.60. The molecule has 8 nitrogen and oxygen atoms in total. The van der Waals surface area contributed by atoms with Crippen LogP contribution in [0.25, 0.3) is 5.65 Å². The lowest BCUT2D eigenvalue weighted by atomic mass is 10.1. The molecule has 1 aliphatic rings. The van der Waals surface area contributed by atoms with Gasteiger partial charge in [0.05, 0.1) is 12.8 Å². The SMILES string of the molecule is CC(C)c1cnn2c(NCc3cccc(N)c3)nc(NC3CCO3)nc12. The first-order chi connectivity index (χ1) is 12.6. The molecule has 26 heavy (non-hydrogen) atoms. The zero-order valence-electron chi connectivity index (χ0n) is 14.9. The third-order valence-corrected chi connectivity index (χ3v) is 4.41. The number of ether oxygens (including phenoxy) is 1. The molecule has 0 amide bonds. The fourth-order valence-corrected chi connectivity index (χ4v) is 2.86. The average Bonchev–Trinajstić information content (AvgIpc) is 3.00. The zero-order valence-corrected chi connectivity index (χ0v) is 14.9. The van der Waals surface area contributed by atoms with Gasteiger partial charge in [-0.1, -0.05) is 26.0 Å². The molecule has 8 heteroatoms. The number of aromatic nitrogens is 4. The summed E-state index contributed by atoms with van der Waals surface area (Å²) in [6, 6.07) is 7.77. The predicted molar refractivity (Wildman–Crippen MR) is 101 cm³/mol. The minimum Gasteiger partial charge on any atom is -0.399 e. The van der Waals surface area contributed by atoms with E-state index in [9.17, 15) is 0 Å². The molecule has 136 valence electrons. The van der Waals surface area contributed by atoms with Gasteiger partial charge in [-0.3, -0.25) is 0 Å². The molecule has 4 N–H and O–H groups in total. The molecule has 4 rings (SSSR count). The van der Waals surface area contributed by atoms with Gasteiger partial charge in [0.25, 0.3) is 0 Å². The van der Waals surface area contributed by atoms with E-state index in [1.165, 1.54) is 0 Å². The Bertz CT molecular complexity index is 917. The van der Waals surface area contributed by atoms with E-state index in [4.69, 9.17) is 10.5 Å². The van der Waals surface area contributed by atoms with Crippen LogP contribution in [0.1, 0.15) is 37.3 Å². The van der Waals surface area contributed by atoms with Crippen molar-refractivity contribution in [2.45, 2.75) is 39.0 Å². The average molecular weight is 353 g/mol. The molecule has 3 heterocycles. The number of nitrogens with one attached hydrogen (secondary N) is 2. The number of rotatable bonds is 6. The third kappa shape index (κ3) is 3.28. The summed E-state index contributed by atoms with van der Waals surface area (Å²) in [5.41, 5.74) is 9.55. The van der Waals surface area contributed by atoms with Gasteiger partial charge in [0, 0.05) is 24.2 Å². The van der Waals surface area contributed by atoms with E-state index < -0.39 is 0 Å². The molecule has 3 aromatic rings. The van der Waals surface area contributed by atoms with Crippen LogP contribution in [0.4, 0.5) is 17.6 Å². The Morgan fingerprint density at radius 2 is 2.19 bits per heavy atom. The second-order valence-electron chi connectivity index (χ2n) is 6.75. The van der Waals surface area contributed by atoms with Gasteiger partial charge in [0.15, 0.2) is 5.65 Å². The number of benzene rings is 1. The van der Waals surface area contributed by atoms with E-state index in [0.29, 0.717) is 24.4 Å². The van der Waals surface area contributed by atoms with Crippen molar-refractivity contribution in [3.8, 4) is 0 Å². The number of nitrogens with zero attached hydrogens (tertiary/aromatic N) is 4. The maximum Gasteiger partial charge on any atom is 0.230 e. The standard InChI is InChI=1S/C18H23N7O/c1-11(2)14-10-21-25-16(14)23-17(22-15-6-7-26-15)24-18(25)20-9-12-4-3-5-13(19)8-12/h3-5,8,10-11,15H,6-7,9,19H2,1-2H3,(H2,20,22,23,24). The van der Waals surface area contributed by atoms with Crippen LogP contribution in [-0.2, 0) is 11.3 Å². The van der Waals surface area contributed by atoms with E-state index >= 15 is 0 Å². The van der Waals surface area contributed by atoms with Gasteiger partial charge >= 0.3 is 0 Å². The van der Waals surface area contributed by atoms with Crippen LogP contribution in [0.3, 0.4) is 0 Å². The lowest BCUT2D eigenvalue weighted by molar-refractivity contribution is -0.0317. The molecule has 1 atom stereocenters. The number of hydrogen-bond donors (Lipinski definition) is 3. The number of hydrogen-bond acceptors (Lipinski definition) is 7. The lowest BCUT2D eigenvalue weighted by Gasteiger charge is -2.27. The summed E-state index contributed by atoms with van der Waals surface area (Å²) in [6.45, 7) is 5.61. The van der Waals surface area contributed by atoms with E-state index in [1.54, 1.807) is 4.52 Å². The molecule has 1 fully saturated rings. The fourth-order valence-electron chi connectivity index (χ4n) is 2.86. The molecule has 0 spiro atoms. The summed E-state index contributed by atoms with van der Waals surface area (Å²) < 4.78 is 7.18. The number of nitrogens with two attached hydrogens (primary N) is 1. The summed E-state index contributed by atoms with van der Waals surface area (Å²) in [5, 5.41) is 11.0. The normalized spacial score (nSPS) is 16.7. The second kappa shape index (κ2) is 6.80. The summed E-state index contributed by atoms with van der Waals surface area (Å²) in [6.07, 6.45) is 2.78. The first kappa shape index (κ1) is 16.6. The van der Waals surface area contributed by atoms with Crippen molar-refractivity contribution in [1.82, 2.24) is 19.6 Å². The Hall–Kier alpha value is -2.87. The minimum absolute atomic E-state index is 0.0235. The zero-order chi connectivity index (χ0) is 18.1. The molecule has 0 radical (unpaired) electrons. The van der Waals surface area contributed by atoms with Crippen LogP contribution in [0.5, 0.6) is 0 Å². The number of fused-ring (bicyclic) bond motifs is 1. The summed E-state index contributed by atoms with van der Waals surface area (Å²) >= 11 is 0. The number of anilines is 3. The molecule has 1 aromatic carbocycles. The van der Waals surface area contributed by atoms with Crippen molar-refractivity contribution in [2.75, 3.05) is 23.0 Å². The third-order valence-electron chi connectivity index (χ3n) is 4.41. The van der Waals surface area contributed by atoms with Crippen molar-refractivity contribution >= 4 is 23.2 Å². The Kier molecular flexibility index (Phi) is 4.34. The molecule has 1 saturated heterocycles. The molecule has 0 bridgehead atoms. The Morgan fingerprint density at radius 3 is 2.88 bits per heavy atom. The van der Waals surface area contributed by atoms with Crippen LogP contribution in [0, 0.1) is 0 Å². The van der Waals surface area contributed by atoms with Gasteiger partial charge in [-0.25, -0.2) is 0 Å². The topological polar surface area (TPSA) is 102 Å². The van der Waals surface area contributed by atoms with Crippen molar-refractivity contribution in [3.63, 3.8) is 0 Å². The molecule has 0 saturated carbocycles. The van der Waals surface area contributed by atoms with Gasteiger partial charge in [0.1, 0.15) is 6.23 Å². The van der Waals surface area contributed by atoms with Crippen LogP contribution >= 0.6 is 0 Å². The second-order valence-corrected chi connectivity index (χ2v) is 6.75. The van der Waals surface area contributed by atoms with Crippen LogP contribution in [0.2, 0.25) is 0 Å². The molecule has 1 unspecified atom stereocenters.